The van der Waals surface area contributed by atoms with Gasteiger partial charge in [-0.05, 0) is 36.4 Å². The van der Waals surface area contributed by atoms with Crippen LogP contribution >= 0.6 is 23.2 Å². The van der Waals surface area contributed by atoms with Crippen molar-refractivity contribution in [2.45, 2.75) is 0 Å². The second-order valence-corrected chi connectivity index (χ2v) is 4.08. The monoisotopic (exact) mass is 270 g/mol. The zero-order valence-electron chi connectivity index (χ0n) is 8.53. The van der Waals surface area contributed by atoms with Crippen LogP contribution in [0.4, 0.5) is 10.1 Å². The van der Waals surface area contributed by atoms with Crippen molar-refractivity contribution in [2.24, 2.45) is 0 Å². The van der Waals surface area contributed by atoms with Crippen molar-refractivity contribution in [3.8, 4) is 5.75 Å². The molecule has 0 spiro atoms. The van der Waals surface area contributed by atoms with E-state index in [9.17, 15) is 4.39 Å². The lowest BCUT2D eigenvalue weighted by molar-refractivity contribution is 0.238. The maximum atomic E-state index is 13.1. The van der Waals surface area contributed by atoms with Crippen LogP contribution in [0.25, 0.3) is 0 Å². The van der Waals surface area contributed by atoms with E-state index < -0.39 is 5.82 Å². The van der Waals surface area contributed by atoms with Crippen molar-refractivity contribution >= 4 is 28.9 Å². The fraction of sp³-hybridized carbons (Fsp3) is 0. The number of hydrogen-bond acceptors (Lipinski definition) is 1. The lowest BCUT2D eigenvalue weighted by Crippen LogP contribution is -2.03. The lowest BCUT2D eigenvalue weighted by Gasteiger charge is -2.04. The van der Waals surface area contributed by atoms with Gasteiger partial charge in [0.15, 0.2) is 5.75 Å². The van der Waals surface area contributed by atoms with Gasteiger partial charge in [-0.1, -0.05) is 28.7 Å². The third-order valence-electron chi connectivity index (χ3n) is 1.97. The summed E-state index contributed by atoms with van der Waals surface area (Å²) in [6.45, 7) is 0. The molecule has 0 atom stereocenters. The molecule has 5 heteroatoms. The Hall–Kier alpha value is -1.45. The summed E-state index contributed by atoms with van der Waals surface area (Å²) in [6.07, 6.45) is 0. The Morgan fingerprint density at radius 3 is 2.35 bits per heavy atom. The van der Waals surface area contributed by atoms with Crippen LogP contribution in [0.1, 0.15) is 0 Å². The summed E-state index contributed by atoms with van der Waals surface area (Å²) < 4.78 is 13.1. The van der Waals surface area contributed by atoms with E-state index >= 15 is 0 Å². The molecule has 0 aliphatic rings. The Morgan fingerprint density at radius 1 is 1.00 bits per heavy atom. The largest absolute Gasteiger partial charge is 0.356 e. The smallest absolute Gasteiger partial charge is 0.161 e. The highest BCUT2D eigenvalue weighted by Gasteiger charge is 2.03. The molecule has 0 saturated carbocycles. The van der Waals surface area contributed by atoms with Crippen LogP contribution in [0.3, 0.4) is 0 Å². The topological polar surface area (TPSA) is 23.3 Å². The normalized spacial score (nSPS) is 10.1. The zero-order chi connectivity index (χ0) is 12.3. The highest BCUT2D eigenvalue weighted by atomic mass is 35.5. The molecule has 0 aliphatic carbocycles. The molecular formula is C12H7Cl2FNO. The summed E-state index contributed by atoms with van der Waals surface area (Å²) >= 11 is 11.3. The van der Waals surface area contributed by atoms with E-state index in [0.717, 1.165) is 0 Å². The first kappa shape index (κ1) is 12.0. The van der Waals surface area contributed by atoms with Gasteiger partial charge in [0.25, 0.3) is 0 Å². The zero-order valence-corrected chi connectivity index (χ0v) is 10.0. The van der Waals surface area contributed by atoms with Gasteiger partial charge in [-0.2, -0.15) is 0 Å². The van der Waals surface area contributed by atoms with Gasteiger partial charge >= 0.3 is 0 Å². The van der Waals surface area contributed by atoms with Gasteiger partial charge in [0.05, 0.1) is 5.02 Å². The number of nitrogens with zero attached hydrogens (tertiary/aromatic N) is 1. The van der Waals surface area contributed by atoms with Gasteiger partial charge in [-0.3, -0.25) is 0 Å². The second-order valence-electron chi connectivity index (χ2n) is 3.23. The van der Waals surface area contributed by atoms with E-state index in [-0.39, 0.29) is 10.8 Å². The predicted octanol–water partition coefficient (Wildman–Crippen LogP) is 4.36. The fourth-order valence-electron chi connectivity index (χ4n) is 1.14. The predicted molar refractivity (Wildman–Crippen MR) is 65.3 cm³/mol. The van der Waals surface area contributed by atoms with Gasteiger partial charge in [0.1, 0.15) is 11.5 Å². The summed E-state index contributed by atoms with van der Waals surface area (Å²) in [5, 5.41) is 0.658. The summed E-state index contributed by atoms with van der Waals surface area (Å²) in [5.41, 5.74) is 4.41. The minimum atomic E-state index is -0.546. The van der Waals surface area contributed by atoms with Crippen LogP contribution in [0, 0.1) is 5.82 Å². The van der Waals surface area contributed by atoms with Crippen molar-refractivity contribution in [1.29, 1.82) is 0 Å². The van der Waals surface area contributed by atoms with Crippen LogP contribution in [-0.2, 0) is 0 Å². The van der Waals surface area contributed by atoms with Crippen LogP contribution < -0.4 is 10.3 Å². The third kappa shape index (κ3) is 3.25. The summed E-state index contributed by atoms with van der Waals surface area (Å²) in [7, 11) is 0. The molecule has 87 valence electrons. The molecule has 0 N–H and O–H groups in total. The lowest BCUT2D eigenvalue weighted by atomic mass is 10.3. The number of hydrogen-bond donors (Lipinski definition) is 0. The van der Waals surface area contributed by atoms with Crippen LogP contribution in [0.2, 0.25) is 10.0 Å². The number of benzene rings is 2. The molecule has 0 fully saturated rings. The Labute approximate surface area is 108 Å². The maximum Gasteiger partial charge on any atom is 0.161 e. The highest BCUT2D eigenvalue weighted by molar-refractivity contribution is 6.31. The number of rotatable bonds is 3. The SMILES string of the molecule is Fc1cc(O[N]c2ccc(Cl)cc2)ccc1Cl. The average molecular weight is 271 g/mol. The Kier molecular flexibility index (Phi) is 3.71. The Balaban J connectivity index is 2.02. The molecule has 2 aromatic rings. The molecule has 1 radical (unpaired) electrons. The first-order chi connectivity index (χ1) is 8.15. The molecule has 0 heterocycles. The van der Waals surface area contributed by atoms with Crippen molar-refractivity contribution in [3.05, 3.63) is 58.3 Å². The summed E-state index contributed by atoms with van der Waals surface area (Å²) in [5.74, 6) is -0.266. The Morgan fingerprint density at radius 2 is 1.71 bits per heavy atom. The molecule has 0 amide bonds. The second kappa shape index (κ2) is 5.25. The molecular weight excluding hydrogens is 264 g/mol. The first-order valence-electron chi connectivity index (χ1n) is 4.74. The molecule has 2 nitrogen and oxygen atoms in total. The van der Waals surface area contributed by atoms with Gasteiger partial charge in [0, 0.05) is 11.1 Å². The minimum absolute atomic E-state index is 0.0452. The molecule has 0 saturated heterocycles. The molecule has 0 unspecified atom stereocenters. The van der Waals surface area contributed by atoms with Crippen molar-refractivity contribution in [3.63, 3.8) is 0 Å². The summed E-state index contributed by atoms with van der Waals surface area (Å²) in [6, 6.07) is 10.9. The Bertz CT molecular complexity index is 516. The summed E-state index contributed by atoms with van der Waals surface area (Å²) in [4.78, 5) is 5.05. The highest BCUT2D eigenvalue weighted by Crippen LogP contribution is 2.21. The average Bonchev–Trinajstić information content (AvgIpc) is 2.33. The van der Waals surface area contributed by atoms with Crippen LogP contribution in [-0.4, -0.2) is 0 Å². The van der Waals surface area contributed by atoms with E-state index in [1.54, 1.807) is 24.3 Å². The molecule has 0 aromatic heterocycles. The maximum absolute atomic E-state index is 13.1. The van der Waals surface area contributed by atoms with Crippen molar-refractivity contribution in [1.82, 2.24) is 5.48 Å². The van der Waals surface area contributed by atoms with E-state index in [0.29, 0.717) is 10.7 Å². The van der Waals surface area contributed by atoms with Crippen LogP contribution in [0.15, 0.2) is 42.5 Å². The van der Waals surface area contributed by atoms with E-state index in [4.69, 9.17) is 28.0 Å². The van der Waals surface area contributed by atoms with Gasteiger partial charge in [-0.15, -0.1) is 0 Å². The van der Waals surface area contributed by atoms with E-state index in [1.165, 1.54) is 18.2 Å². The van der Waals surface area contributed by atoms with Crippen molar-refractivity contribution < 1.29 is 9.23 Å². The first-order valence-corrected chi connectivity index (χ1v) is 5.49. The minimum Gasteiger partial charge on any atom is -0.356 e. The molecule has 17 heavy (non-hydrogen) atoms. The van der Waals surface area contributed by atoms with Gasteiger partial charge in [0.2, 0.25) is 0 Å². The van der Waals surface area contributed by atoms with E-state index in [1.807, 2.05) is 0 Å². The fourth-order valence-corrected chi connectivity index (χ4v) is 1.38. The van der Waals surface area contributed by atoms with Gasteiger partial charge in [-0.25, -0.2) is 4.39 Å². The van der Waals surface area contributed by atoms with Gasteiger partial charge < -0.3 is 4.84 Å². The molecule has 0 aliphatic heterocycles. The van der Waals surface area contributed by atoms with E-state index in [2.05, 4.69) is 5.48 Å². The molecule has 2 rings (SSSR count). The third-order valence-corrected chi connectivity index (χ3v) is 2.53. The molecule has 2 aromatic carbocycles. The quantitative estimate of drug-likeness (QED) is 0.760. The molecule has 0 bridgehead atoms. The number of halogens is 3. The van der Waals surface area contributed by atoms with Crippen LogP contribution in [0.5, 0.6) is 5.75 Å². The standard InChI is InChI=1S/C12H7Cl2FNO/c13-8-1-3-9(4-2-8)16-17-10-5-6-11(14)12(15)7-10/h1-7H. The van der Waals surface area contributed by atoms with Crippen molar-refractivity contribution in [2.75, 3.05) is 0 Å².